The van der Waals surface area contributed by atoms with Gasteiger partial charge in [0.25, 0.3) is 0 Å². The summed E-state index contributed by atoms with van der Waals surface area (Å²) >= 11 is 0. The number of likely N-dealkylation sites (tertiary alicyclic amines) is 1. The highest BCUT2D eigenvalue weighted by atomic mass is 16.4. The fourth-order valence-electron chi connectivity index (χ4n) is 2.42. The second-order valence-electron chi connectivity index (χ2n) is 5.26. The van der Waals surface area contributed by atoms with E-state index in [1.54, 1.807) is 18.7 Å². The number of carbonyl (C=O) groups is 2. The number of aliphatic carboxylic acids is 1. The standard InChI is InChI=1S/C13H24N2O3/c1-4-10-7-5-6-8-15(10)13(18)14-11(9(2)3)12(16)17/h9-11H,4-8H2,1-3H3,(H,14,18)(H,16,17)/t10?,11-/m1/s1. The molecule has 5 heteroatoms. The molecule has 0 bridgehead atoms. The van der Waals surface area contributed by atoms with Crippen LogP contribution in [0.25, 0.3) is 0 Å². The molecule has 1 heterocycles. The van der Waals surface area contributed by atoms with Gasteiger partial charge in [-0.3, -0.25) is 0 Å². The Kier molecular flexibility index (Phi) is 5.44. The fourth-order valence-corrected chi connectivity index (χ4v) is 2.42. The highest BCUT2D eigenvalue weighted by Crippen LogP contribution is 2.19. The summed E-state index contributed by atoms with van der Waals surface area (Å²) in [7, 11) is 0. The molecule has 0 aromatic carbocycles. The number of piperidine rings is 1. The number of amides is 2. The summed E-state index contributed by atoms with van der Waals surface area (Å²) in [6, 6.07) is -0.792. The molecule has 0 aromatic rings. The van der Waals surface area contributed by atoms with Gasteiger partial charge in [-0.05, 0) is 31.6 Å². The van der Waals surface area contributed by atoms with Crippen molar-refractivity contribution < 1.29 is 14.7 Å². The number of hydrogen-bond donors (Lipinski definition) is 2. The number of hydrogen-bond acceptors (Lipinski definition) is 2. The number of nitrogens with zero attached hydrogens (tertiary/aromatic N) is 1. The molecule has 0 aliphatic carbocycles. The van der Waals surface area contributed by atoms with Crippen molar-refractivity contribution in [3.8, 4) is 0 Å². The van der Waals surface area contributed by atoms with E-state index >= 15 is 0 Å². The first kappa shape index (κ1) is 14.8. The molecule has 2 atom stereocenters. The molecule has 18 heavy (non-hydrogen) atoms. The van der Waals surface area contributed by atoms with Gasteiger partial charge in [0.05, 0.1) is 0 Å². The normalized spacial score (nSPS) is 21.8. The zero-order valence-electron chi connectivity index (χ0n) is 11.5. The van der Waals surface area contributed by atoms with E-state index in [-0.39, 0.29) is 18.0 Å². The number of carbonyl (C=O) groups excluding carboxylic acids is 1. The van der Waals surface area contributed by atoms with Crippen molar-refractivity contribution in [3.05, 3.63) is 0 Å². The summed E-state index contributed by atoms with van der Waals surface area (Å²) in [5.41, 5.74) is 0. The summed E-state index contributed by atoms with van der Waals surface area (Å²) in [6.45, 7) is 6.39. The van der Waals surface area contributed by atoms with Crippen LogP contribution in [0.1, 0.15) is 46.5 Å². The SMILES string of the molecule is CCC1CCCCN1C(=O)N[C@@H](C(=O)O)C(C)C. The Labute approximate surface area is 109 Å². The summed E-state index contributed by atoms with van der Waals surface area (Å²) in [5, 5.41) is 11.7. The Bertz CT molecular complexity index is 305. The first-order valence-corrected chi connectivity index (χ1v) is 6.77. The molecule has 0 aromatic heterocycles. The lowest BCUT2D eigenvalue weighted by atomic mass is 10.00. The van der Waals surface area contributed by atoms with E-state index in [0.29, 0.717) is 0 Å². The molecule has 5 nitrogen and oxygen atoms in total. The topological polar surface area (TPSA) is 69.6 Å². The van der Waals surface area contributed by atoms with Gasteiger partial charge in [0.1, 0.15) is 6.04 Å². The third-order valence-corrected chi connectivity index (χ3v) is 3.57. The summed E-state index contributed by atoms with van der Waals surface area (Å²) in [5.74, 6) is -1.08. The highest BCUT2D eigenvalue weighted by molar-refractivity contribution is 5.83. The fraction of sp³-hybridized carbons (Fsp3) is 0.846. The van der Waals surface area contributed by atoms with Crippen LogP contribution in [0.2, 0.25) is 0 Å². The lowest BCUT2D eigenvalue weighted by Gasteiger charge is -2.36. The third kappa shape index (κ3) is 3.62. The van der Waals surface area contributed by atoms with E-state index in [2.05, 4.69) is 12.2 Å². The predicted octanol–water partition coefficient (Wildman–Crippen LogP) is 2.07. The van der Waals surface area contributed by atoms with Crippen molar-refractivity contribution in [1.82, 2.24) is 10.2 Å². The van der Waals surface area contributed by atoms with Crippen LogP contribution in [0.15, 0.2) is 0 Å². The second kappa shape index (κ2) is 6.61. The van der Waals surface area contributed by atoms with Crippen molar-refractivity contribution in [1.29, 1.82) is 0 Å². The van der Waals surface area contributed by atoms with Crippen LogP contribution in [0.3, 0.4) is 0 Å². The maximum absolute atomic E-state index is 12.1. The monoisotopic (exact) mass is 256 g/mol. The minimum absolute atomic E-state index is 0.115. The first-order valence-electron chi connectivity index (χ1n) is 6.77. The molecule has 0 radical (unpaired) electrons. The molecule has 1 unspecified atom stereocenters. The Balaban J connectivity index is 2.64. The van der Waals surface area contributed by atoms with E-state index in [1.807, 2.05) is 0 Å². The van der Waals surface area contributed by atoms with Gasteiger partial charge in [-0.25, -0.2) is 9.59 Å². The zero-order chi connectivity index (χ0) is 13.7. The van der Waals surface area contributed by atoms with Crippen LogP contribution >= 0.6 is 0 Å². The van der Waals surface area contributed by atoms with Gasteiger partial charge in [0.15, 0.2) is 0 Å². The van der Waals surface area contributed by atoms with Gasteiger partial charge in [0.2, 0.25) is 0 Å². The Morgan fingerprint density at radius 2 is 2.06 bits per heavy atom. The van der Waals surface area contributed by atoms with Crippen LogP contribution in [-0.4, -0.2) is 40.6 Å². The van der Waals surface area contributed by atoms with Crippen molar-refractivity contribution in [2.24, 2.45) is 5.92 Å². The van der Waals surface area contributed by atoms with E-state index in [1.165, 1.54) is 0 Å². The number of urea groups is 1. The Morgan fingerprint density at radius 3 is 2.56 bits per heavy atom. The zero-order valence-corrected chi connectivity index (χ0v) is 11.5. The average Bonchev–Trinajstić information content (AvgIpc) is 2.34. The van der Waals surface area contributed by atoms with Gasteiger partial charge < -0.3 is 15.3 Å². The van der Waals surface area contributed by atoms with Gasteiger partial charge in [-0.15, -0.1) is 0 Å². The molecule has 2 N–H and O–H groups in total. The van der Waals surface area contributed by atoms with Crippen LogP contribution in [-0.2, 0) is 4.79 Å². The number of carboxylic acids is 1. The molecule has 1 rings (SSSR count). The molecule has 0 spiro atoms. The number of carboxylic acid groups (broad SMARTS) is 1. The summed E-state index contributed by atoms with van der Waals surface area (Å²) < 4.78 is 0. The average molecular weight is 256 g/mol. The van der Waals surface area contributed by atoms with E-state index < -0.39 is 12.0 Å². The van der Waals surface area contributed by atoms with Gasteiger partial charge in [0, 0.05) is 12.6 Å². The lowest BCUT2D eigenvalue weighted by Crippen LogP contribution is -2.54. The molecular weight excluding hydrogens is 232 g/mol. The van der Waals surface area contributed by atoms with Gasteiger partial charge >= 0.3 is 12.0 Å². The van der Waals surface area contributed by atoms with Crippen molar-refractivity contribution in [2.75, 3.05) is 6.54 Å². The molecule has 1 fully saturated rings. The highest BCUT2D eigenvalue weighted by Gasteiger charge is 2.30. The largest absolute Gasteiger partial charge is 0.480 e. The summed E-state index contributed by atoms with van der Waals surface area (Å²) in [4.78, 5) is 25.0. The van der Waals surface area contributed by atoms with Crippen molar-refractivity contribution in [2.45, 2.75) is 58.5 Å². The summed E-state index contributed by atoms with van der Waals surface area (Å²) in [6.07, 6.45) is 4.09. The second-order valence-corrected chi connectivity index (χ2v) is 5.26. The Morgan fingerprint density at radius 1 is 1.39 bits per heavy atom. The van der Waals surface area contributed by atoms with Crippen LogP contribution in [0, 0.1) is 5.92 Å². The molecule has 1 aliphatic rings. The van der Waals surface area contributed by atoms with E-state index in [0.717, 1.165) is 32.2 Å². The Hall–Kier alpha value is -1.26. The number of rotatable bonds is 4. The van der Waals surface area contributed by atoms with Crippen molar-refractivity contribution in [3.63, 3.8) is 0 Å². The molecule has 1 aliphatic heterocycles. The van der Waals surface area contributed by atoms with Crippen LogP contribution < -0.4 is 5.32 Å². The maximum atomic E-state index is 12.1. The smallest absolute Gasteiger partial charge is 0.326 e. The predicted molar refractivity (Wildman–Crippen MR) is 69.4 cm³/mol. The van der Waals surface area contributed by atoms with Gasteiger partial charge in [-0.2, -0.15) is 0 Å². The van der Waals surface area contributed by atoms with Crippen LogP contribution in [0.5, 0.6) is 0 Å². The van der Waals surface area contributed by atoms with E-state index in [4.69, 9.17) is 5.11 Å². The molecule has 104 valence electrons. The third-order valence-electron chi connectivity index (χ3n) is 3.57. The van der Waals surface area contributed by atoms with Crippen molar-refractivity contribution >= 4 is 12.0 Å². The maximum Gasteiger partial charge on any atom is 0.326 e. The lowest BCUT2D eigenvalue weighted by molar-refractivity contribution is -0.140. The molecule has 2 amide bonds. The van der Waals surface area contributed by atoms with E-state index in [9.17, 15) is 9.59 Å². The molecular formula is C13H24N2O3. The minimum atomic E-state index is -0.969. The minimum Gasteiger partial charge on any atom is -0.480 e. The molecule has 0 saturated carbocycles. The number of nitrogens with one attached hydrogen (secondary N) is 1. The first-order chi connectivity index (χ1) is 8.47. The van der Waals surface area contributed by atoms with Crippen LogP contribution in [0.4, 0.5) is 4.79 Å². The quantitative estimate of drug-likeness (QED) is 0.809. The van der Waals surface area contributed by atoms with Gasteiger partial charge in [-0.1, -0.05) is 20.8 Å². The molecule has 1 saturated heterocycles.